The molecule has 0 saturated carbocycles. The normalized spacial score (nSPS) is 10.8. The van der Waals surface area contributed by atoms with Crippen LogP contribution in [0.2, 0.25) is 0 Å². The first-order valence-corrected chi connectivity index (χ1v) is 9.84. The van der Waals surface area contributed by atoms with Crippen molar-refractivity contribution in [3.8, 4) is 17.1 Å². The number of nitrogens with zero attached hydrogens (tertiary/aromatic N) is 4. The largest absolute Gasteiger partial charge is 0.468 e. The van der Waals surface area contributed by atoms with E-state index < -0.39 is 0 Å². The topological polar surface area (TPSA) is 69.9 Å². The second-order valence-electron chi connectivity index (χ2n) is 5.88. The molecule has 0 aliphatic heterocycles. The van der Waals surface area contributed by atoms with Crippen LogP contribution in [-0.4, -0.2) is 38.6 Å². The number of esters is 1. The molecule has 0 saturated heterocycles. The molecule has 0 amide bonds. The van der Waals surface area contributed by atoms with E-state index in [0.717, 1.165) is 24.1 Å². The van der Waals surface area contributed by atoms with E-state index >= 15 is 0 Å². The second-order valence-corrected chi connectivity index (χ2v) is 6.82. The van der Waals surface area contributed by atoms with Gasteiger partial charge in [-0.15, -0.1) is 10.2 Å². The van der Waals surface area contributed by atoms with Crippen LogP contribution in [0.15, 0.2) is 47.9 Å². The smallest absolute Gasteiger partial charge is 0.316 e. The Morgan fingerprint density at radius 1 is 1.11 bits per heavy atom. The van der Waals surface area contributed by atoms with Crippen LogP contribution in [0.1, 0.15) is 25.0 Å². The highest BCUT2D eigenvalue weighted by molar-refractivity contribution is 7.99. The average molecular weight is 382 g/mol. The highest BCUT2D eigenvalue weighted by Crippen LogP contribution is 2.32. The van der Waals surface area contributed by atoms with E-state index in [-0.39, 0.29) is 11.7 Å². The molecule has 1 aromatic carbocycles. The first kappa shape index (κ1) is 19.1. The number of aryl methyl sites for hydroxylation is 2. The molecule has 3 aromatic rings. The van der Waals surface area contributed by atoms with E-state index in [2.05, 4.69) is 47.2 Å². The Morgan fingerprint density at radius 3 is 2.44 bits per heavy atom. The quantitative estimate of drug-likeness (QED) is 0.458. The van der Waals surface area contributed by atoms with Crippen LogP contribution < -0.4 is 0 Å². The average Bonchev–Trinajstić information content (AvgIpc) is 3.15. The van der Waals surface area contributed by atoms with Crippen molar-refractivity contribution < 1.29 is 9.53 Å². The van der Waals surface area contributed by atoms with Gasteiger partial charge in [0.05, 0.1) is 18.6 Å². The number of para-hydroxylation sites is 1. The number of hydrogen-bond donors (Lipinski definition) is 0. The molecule has 0 bridgehead atoms. The van der Waals surface area contributed by atoms with Crippen LogP contribution in [0, 0.1) is 0 Å². The van der Waals surface area contributed by atoms with Gasteiger partial charge in [0.15, 0.2) is 11.0 Å². The number of methoxy groups -OCH3 is 1. The van der Waals surface area contributed by atoms with Gasteiger partial charge in [0.1, 0.15) is 0 Å². The second kappa shape index (κ2) is 8.81. The third-order valence-electron chi connectivity index (χ3n) is 4.29. The molecular formula is C20H22N4O2S. The lowest BCUT2D eigenvalue weighted by Gasteiger charge is -2.17. The molecule has 0 N–H and O–H groups in total. The summed E-state index contributed by atoms with van der Waals surface area (Å²) in [6.45, 7) is 4.27. The first-order valence-electron chi connectivity index (χ1n) is 8.86. The van der Waals surface area contributed by atoms with Crippen LogP contribution in [0.25, 0.3) is 17.1 Å². The Balaban J connectivity index is 2.20. The molecule has 140 valence electrons. The van der Waals surface area contributed by atoms with Crippen molar-refractivity contribution in [2.24, 2.45) is 0 Å². The maximum Gasteiger partial charge on any atom is 0.316 e. The Labute approximate surface area is 163 Å². The molecule has 6 nitrogen and oxygen atoms in total. The summed E-state index contributed by atoms with van der Waals surface area (Å²) in [4.78, 5) is 15.9. The maximum atomic E-state index is 11.6. The minimum absolute atomic E-state index is 0.178. The molecule has 7 heteroatoms. The lowest BCUT2D eigenvalue weighted by molar-refractivity contribution is -0.137. The lowest BCUT2D eigenvalue weighted by Crippen LogP contribution is -2.09. The van der Waals surface area contributed by atoms with Crippen LogP contribution in [0.4, 0.5) is 0 Å². The highest BCUT2D eigenvalue weighted by atomic mass is 32.2. The van der Waals surface area contributed by atoms with E-state index in [0.29, 0.717) is 11.0 Å². The number of ether oxygens (including phenoxy) is 1. The van der Waals surface area contributed by atoms with Gasteiger partial charge in [-0.1, -0.05) is 43.8 Å². The first-order chi connectivity index (χ1) is 13.2. The molecule has 2 aromatic heterocycles. The third kappa shape index (κ3) is 4.03. The summed E-state index contributed by atoms with van der Waals surface area (Å²) in [6.07, 6.45) is 5.27. The van der Waals surface area contributed by atoms with Crippen molar-refractivity contribution in [1.29, 1.82) is 0 Å². The molecule has 3 rings (SSSR count). The molecule has 27 heavy (non-hydrogen) atoms. The monoisotopic (exact) mass is 382 g/mol. The summed E-state index contributed by atoms with van der Waals surface area (Å²) in [5, 5.41) is 9.45. The molecule has 0 unspecified atom stereocenters. The summed E-state index contributed by atoms with van der Waals surface area (Å²) >= 11 is 1.32. The van der Waals surface area contributed by atoms with Gasteiger partial charge in [-0.2, -0.15) is 0 Å². The number of rotatable bonds is 7. The lowest BCUT2D eigenvalue weighted by atomic mass is 10.0. The Kier molecular flexibility index (Phi) is 6.24. The van der Waals surface area contributed by atoms with Crippen molar-refractivity contribution >= 4 is 17.7 Å². The van der Waals surface area contributed by atoms with Gasteiger partial charge in [0.25, 0.3) is 0 Å². The summed E-state index contributed by atoms with van der Waals surface area (Å²) in [6, 6.07) is 10.2. The fourth-order valence-corrected chi connectivity index (χ4v) is 3.70. The maximum absolute atomic E-state index is 11.6. The number of benzene rings is 1. The Bertz CT molecular complexity index is 903. The molecule has 0 radical (unpaired) electrons. The van der Waals surface area contributed by atoms with Gasteiger partial charge in [0, 0.05) is 18.0 Å². The van der Waals surface area contributed by atoms with Crippen molar-refractivity contribution in [3.63, 3.8) is 0 Å². The summed E-state index contributed by atoms with van der Waals surface area (Å²) in [7, 11) is 1.39. The van der Waals surface area contributed by atoms with Crippen LogP contribution in [0.3, 0.4) is 0 Å². The third-order valence-corrected chi connectivity index (χ3v) is 5.19. The number of pyridine rings is 1. The van der Waals surface area contributed by atoms with Gasteiger partial charge >= 0.3 is 5.97 Å². The van der Waals surface area contributed by atoms with Gasteiger partial charge in [0.2, 0.25) is 0 Å². The zero-order valence-corrected chi connectivity index (χ0v) is 16.5. The van der Waals surface area contributed by atoms with Crippen LogP contribution in [0.5, 0.6) is 0 Å². The predicted molar refractivity (Wildman–Crippen MR) is 106 cm³/mol. The van der Waals surface area contributed by atoms with Gasteiger partial charge < -0.3 is 4.74 Å². The number of carbonyl (C=O) groups excluding carboxylic acids is 1. The van der Waals surface area contributed by atoms with Crippen LogP contribution >= 0.6 is 11.8 Å². The predicted octanol–water partition coefficient (Wildman–Crippen LogP) is 3.72. The van der Waals surface area contributed by atoms with E-state index in [4.69, 9.17) is 4.74 Å². The van der Waals surface area contributed by atoms with Gasteiger partial charge in [-0.25, -0.2) is 0 Å². The number of thioether (sulfide) groups is 1. The SMILES string of the molecule is CCc1cccc(CC)c1-n1c(SCC(=O)OC)nnc1-c1cccnc1. The van der Waals surface area contributed by atoms with Crippen molar-refractivity contribution in [2.45, 2.75) is 31.8 Å². The minimum atomic E-state index is -0.294. The fourth-order valence-electron chi connectivity index (χ4n) is 2.93. The number of hydrogen-bond acceptors (Lipinski definition) is 6. The fraction of sp³-hybridized carbons (Fsp3) is 0.300. The van der Waals surface area contributed by atoms with E-state index in [1.807, 2.05) is 16.7 Å². The van der Waals surface area contributed by atoms with Crippen LogP contribution in [-0.2, 0) is 22.4 Å². The molecule has 0 spiro atoms. The zero-order valence-electron chi connectivity index (χ0n) is 15.7. The molecule has 0 aliphatic carbocycles. The van der Waals surface area contributed by atoms with E-state index in [1.54, 1.807) is 12.4 Å². The molecular weight excluding hydrogens is 360 g/mol. The number of aromatic nitrogens is 4. The standard InChI is InChI=1S/C20H22N4O2S/c1-4-14-8-6-9-15(5-2)18(14)24-19(16-10-7-11-21-12-16)22-23-20(24)27-13-17(25)26-3/h6-12H,4-5,13H2,1-3H3. The van der Waals surface area contributed by atoms with E-state index in [1.165, 1.54) is 30.0 Å². The highest BCUT2D eigenvalue weighted by Gasteiger charge is 2.21. The summed E-state index contributed by atoms with van der Waals surface area (Å²) in [5.74, 6) is 0.597. The van der Waals surface area contributed by atoms with Crippen molar-refractivity contribution in [1.82, 2.24) is 19.7 Å². The van der Waals surface area contributed by atoms with Crippen molar-refractivity contribution in [3.05, 3.63) is 53.9 Å². The van der Waals surface area contributed by atoms with Crippen molar-refractivity contribution in [2.75, 3.05) is 12.9 Å². The zero-order chi connectivity index (χ0) is 19.2. The summed E-state index contributed by atoms with van der Waals surface area (Å²) < 4.78 is 6.82. The Morgan fingerprint density at radius 2 is 1.85 bits per heavy atom. The van der Waals surface area contributed by atoms with E-state index in [9.17, 15) is 4.79 Å². The number of carbonyl (C=O) groups is 1. The molecule has 2 heterocycles. The Hall–Kier alpha value is -2.67. The molecule has 0 fully saturated rings. The summed E-state index contributed by atoms with van der Waals surface area (Å²) in [5.41, 5.74) is 4.38. The minimum Gasteiger partial charge on any atom is -0.468 e. The van der Waals surface area contributed by atoms with Gasteiger partial charge in [-0.05, 0) is 36.1 Å². The van der Waals surface area contributed by atoms with Gasteiger partial charge in [-0.3, -0.25) is 14.3 Å². The molecule has 0 aliphatic rings. The molecule has 0 atom stereocenters.